The van der Waals surface area contributed by atoms with Crippen LogP contribution < -0.4 is 4.74 Å². The molecule has 0 aliphatic heterocycles. The van der Waals surface area contributed by atoms with Crippen LogP contribution in [0.1, 0.15) is 80.8 Å². The van der Waals surface area contributed by atoms with Crippen LogP contribution in [-0.4, -0.2) is 31.6 Å². The molecule has 0 bridgehead atoms. The fourth-order valence-corrected chi connectivity index (χ4v) is 6.00. The molecule has 0 amide bonds. The lowest BCUT2D eigenvalue weighted by atomic mass is 9.92. The number of allylic oxidation sites excluding steroid dienone is 4. The van der Waals surface area contributed by atoms with E-state index in [9.17, 15) is 0 Å². The van der Waals surface area contributed by atoms with Gasteiger partial charge in [0.1, 0.15) is 11.6 Å². The van der Waals surface area contributed by atoms with E-state index in [1.165, 1.54) is 55.2 Å². The minimum atomic E-state index is 0.278. The Morgan fingerprint density at radius 2 is 1.85 bits per heavy atom. The number of benzene rings is 2. The van der Waals surface area contributed by atoms with Crippen molar-refractivity contribution in [3.8, 4) is 11.4 Å². The van der Waals surface area contributed by atoms with Gasteiger partial charge in [0.25, 0.3) is 0 Å². The van der Waals surface area contributed by atoms with Crippen LogP contribution in [0.15, 0.2) is 72.5 Å². The standard InChI is InChI=1S/C34H39N5O/c1-24(20-26-9-4-3-5-10-26)8-7-19-40-31-17-14-27(15-18-31)25(2)21-33-35-23-32-34(36-33)39(38-37-32)30-16-13-28-11-6-12-29(28)22-30/h3-4,9,13-18,22-25H,5-8,10-12,19-21H2,1-2H3. The summed E-state index contributed by atoms with van der Waals surface area (Å²) < 4.78 is 7.90. The Hall–Kier alpha value is -3.80. The van der Waals surface area contributed by atoms with Gasteiger partial charge in [-0.05, 0) is 104 Å². The van der Waals surface area contributed by atoms with Gasteiger partial charge in [-0.15, -0.1) is 5.10 Å². The first kappa shape index (κ1) is 26.4. The van der Waals surface area contributed by atoms with Crippen molar-refractivity contribution in [2.45, 2.75) is 77.6 Å². The summed E-state index contributed by atoms with van der Waals surface area (Å²) in [4.78, 5) is 9.48. The predicted octanol–water partition coefficient (Wildman–Crippen LogP) is 7.51. The van der Waals surface area contributed by atoms with Crippen LogP contribution in [0.25, 0.3) is 16.9 Å². The second-order valence-electron chi connectivity index (χ2n) is 11.6. The van der Waals surface area contributed by atoms with Gasteiger partial charge in [0.05, 0.1) is 18.5 Å². The normalized spacial score (nSPS) is 16.1. The van der Waals surface area contributed by atoms with Crippen molar-refractivity contribution < 1.29 is 4.74 Å². The van der Waals surface area contributed by atoms with Crippen molar-refractivity contribution in [2.75, 3.05) is 6.61 Å². The molecule has 0 fully saturated rings. The van der Waals surface area contributed by atoms with Crippen molar-refractivity contribution in [3.05, 3.63) is 95.0 Å². The van der Waals surface area contributed by atoms with E-state index in [0.717, 1.165) is 54.3 Å². The Balaban J connectivity index is 1.03. The molecule has 4 aromatic rings. The fraction of sp³-hybridized carbons (Fsp3) is 0.412. The number of rotatable bonds is 11. The molecule has 2 atom stereocenters. The molecule has 6 heteroatoms. The zero-order valence-corrected chi connectivity index (χ0v) is 23.7. The van der Waals surface area contributed by atoms with Crippen molar-refractivity contribution in [3.63, 3.8) is 0 Å². The number of hydrogen-bond acceptors (Lipinski definition) is 5. The number of aryl methyl sites for hydroxylation is 2. The summed E-state index contributed by atoms with van der Waals surface area (Å²) in [6, 6.07) is 15.1. The average Bonchev–Trinajstić information content (AvgIpc) is 3.62. The smallest absolute Gasteiger partial charge is 0.187 e. The summed E-state index contributed by atoms with van der Waals surface area (Å²) in [5.74, 6) is 2.72. The first-order valence-corrected chi connectivity index (χ1v) is 14.9. The van der Waals surface area contributed by atoms with E-state index >= 15 is 0 Å². The third-order valence-electron chi connectivity index (χ3n) is 8.33. The van der Waals surface area contributed by atoms with E-state index in [1.54, 1.807) is 11.8 Å². The largest absolute Gasteiger partial charge is 0.494 e. The van der Waals surface area contributed by atoms with Crippen molar-refractivity contribution in [2.24, 2.45) is 5.92 Å². The highest BCUT2D eigenvalue weighted by atomic mass is 16.5. The zero-order chi connectivity index (χ0) is 27.3. The van der Waals surface area contributed by atoms with Crippen molar-refractivity contribution >= 4 is 11.2 Å². The molecule has 2 aromatic heterocycles. The second kappa shape index (κ2) is 12.2. The Labute approximate surface area is 237 Å². The summed E-state index contributed by atoms with van der Waals surface area (Å²) >= 11 is 0. The lowest BCUT2D eigenvalue weighted by Crippen LogP contribution is -2.06. The second-order valence-corrected chi connectivity index (χ2v) is 11.6. The molecule has 2 heterocycles. The summed E-state index contributed by atoms with van der Waals surface area (Å²) in [6.45, 7) is 5.34. The molecule has 0 saturated carbocycles. The third kappa shape index (κ3) is 6.16. The Morgan fingerprint density at radius 3 is 2.70 bits per heavy atom. The number of aromatic nitrogens is 5. The number of hydrogen-bond donors (Lipinski definition) is 0. The quantitative estimate of drug-likeness (QED) is 0.187. The van der Waals surface area contributed by atoms with E-state index in [4.69, 9.17) is 9.72 Å². The lowest BCUT2D eigenvalue weighted by Gasteiger charge is -2.16. The highest BCUT2D eigenvalue weighted by Crippen LogP contribution is 2.27. The summed E-state index contributed by atoms with van der Waals surface area (Å²) in [7, 11) is 0. The molecule has 0 radical (unpaired) electrons. The summed E-state index contributed by atoms with van der Waals surface area (Å²) in [5.41, 5.74) is 8.21. The fourth-order valence-electron chi connectivity index (χ4n) is 6.00. The van der Waals surface area contributed by atoms with Crippen LogP contribution in [0.4, 0.5) is 0 Å². The highest BCUT2D eigenvalue weighted by Gasteiger charge is 2.16. The molecule has 2 aromatic carbocycles. The molecular weight excluding hydrogens is 494 g/mol. The van der Waals surface area contributed by atoms with Crippen LogP contribution >= 0.6 is 0 Å². The Bertz CT molecular complexity index is 1520. The number of fused-ring (bicyclic) bond motifs is 2. The van der Waals surface area contributed by atoms with Gasteiger partial charge in [0.2, 0.25) is 0 Å². The third-order valence-corrected chi connectivity index (χ3v) is 8.33. The molecular formula is C34H39N5O. The van der Waals surface area contributed by atoms with Gasteiger partial charge in [-0.3, -0.25) is 0 Å². The molecule has 2 aliphatic carbocycles. The molecule has 206 valence electrons. The van der Waals surface area contributed by atoms with Gasteiger partial charge in [0, 0.05) is 6.42 Å². The van der Waals surface area contributed by atoms with Gasteiger partial charge in [-0.2, -0.15) is 4.68 Å². The van der Waals surface area contributed by atoms with Crippen LogP contribution in [0.5, 0.6) is 5.75 Å². The molecule has 0 spiro atoms. The summed E-state index contributed by atoms with van der Waals surface area (Å²) in [6.07, 6.45) is 18.7. The molecule has 2 unspecified atom stereocenters. The van der Waals surface area contributed by atoms with Crippen LogP contribution in [-0.2, 0) is 19.3 Å². The first-order valence-electron chi connectivity index (χ1n) is 14.9. The van der Waals surface area contributed by atoms with Crippen molar-refractivity contribution in [1.29, 1.82) is 0 Å². The van der Waals surface area contributed by atoms with E-state index in [1.807, 2.05) is 4.68 Å². The molecule has 0 saturated heterocycles. The maximum atomic E-state index is 6.05. The highest BCUT2D eigenvalue weighted by molar-refractivity contribution is 5.70. The molecule has 2 aliphatic rings. The topological polar surface area (TPSA) is 65.7 Å². The van der Waals surface area contributed by atoms with Crippen LogP contribution in [0.2, 0.25) is 0 Å². The van der Waals surface area contributed by atoms with Crippen molar-refractivity contribution in [1.82, 2.24) is 25.0 Å². The minimum Gasteiger partial charge on any atom is -0.494 e. The lowest BCUT2D eigenvalue weighted by molar-refractivity contribution is 0.294. The molecule has 40 heavy (non-hydrogen) atoms. The maximum Gasteiger partial charge on any atom is 0.187 e. The molecule has 0 N–H and O–H groups in total. The molecule has 6 rings (SSSR count). The van der Waals surface area contributed by atoms with E-state index < -0.39 is 0 Å². The monoisotopic (exact) mass is 533 g/mol. The van der Waals surface area contributed by atoms with E-state index in [0.29, 0.717) is 5.92 Å². The maximum absolute atomic E-state index is 6.05. The number of nitrogens with zero attached hydrogens (tertiary/aromatic N) is 5. The van der Waals surface area contributed by atoms with Gasteiger partial charge < -0.3 is 4.74 Å². The summed E-state index contributed by atoms with van der Waals surface area (Å²) in [5, 5.41) is 8.70. The van der Waals surface area contributed by atoms with Gasteiger partial charge in [0.15, 0.2) is 11.2 Å². The number of ether oxygens (including phenoxy) is 1. The van der Waals surface area contributed by atoms with E-state index in [2.05, 4.69) is 89.8 Å². The zero-order valence-electron chi connectivity index (χ0n) is 23.7. The predicted molar refractivity (Wildman–Crippen MR) is 160 cm³/mol. The Morgan fingerprint density at radius 1 is 0.975 bits per heavy atom. The minimum absolute atomic E-state index is 0.278. The average molecular weight is 534 g/mol. The van der Waals surface area contributed by atoms with Gasteiger partial charge >= 0.3 is 0 Å². The van der Waals surface area contributed by atoms with Gasteiger partial charge in [-0.25, -0.2) is 9.97 Å². The van der Waals surface area contributed by atoms with Gasteiger partial charge in [-0.1, -0.05) is 61.1 Å². The first-order chi connectivity index (χ1) is 19.6. The SMILES string of the molecule is CC(CCCOc1ccc(C(C)Cc2ncc3nnn(-c4ccc5c(c4)CCC5)c3n2)cc1)CC1=CC=CCC1. The Kier molecular flexibility index (Phi) is 8.03. The van der Waals surface area contributed by atoms with Crippen LogP contribution in [0.3, 0.4) is 0 Å². The van der Waals surface area contributed by atoms with Crippen LogP contribution in [0, 0.1) is 5.92 Å². The molecule has 6 nitrogen and oxygen atoms in total. The van der Waals surface area contributed by atoms with E-state index in [-0.39, 0.29) is 5.92 Å².